The first-order valence-corrected chi connectivity index (χ1v) is 16.4. The molecule has 3 aromatic rings. The molecule has 0 aliphatic carbocycles. The first-order valence-electron chi connectivity index (χ1n) is 14.2. The van der Waals surface area contributed by atoms with Gasteiger partial charge < -0.3 is 26.5 Å². The molecule has 0 radical (unpaired) electrons. The number of carboxylic acid groups (broad SMARTS) is 1. The van der Waals surface area contributed by atoms with Crippen LogP contribution in [0.1, 0.15) is 28.7 Å². The van der Waals surface area contributed by atoms with E-state index in [4.69, 9.17) is 34.2 Å². The van der Waals surface area contributed by atoms with Gasteiger partial charge in [-0.25, -0.2) is 13.2 Å². The van der Waals surface area contributed by atoms with Gasteiger partial charge in [0.15, 0.2) is 0 Å². The zero-order chi connectivity index (χ0) is 33.7. The fraction of sp³-hybridized carbons (Fsp3) is 0.290. The maximum absolute atomic E-state index is 13.8. The molecule has 3 aromatic carbocycles. The molecule has 0 atom stereocenters. The number of rotatable bonds is 16. The third-order valence-electron chi connectivity index (χ3n) is 6.96. The highest BCUT2D eigenvalue weighted by atomic mass is 35.5. The summed E-state index contributed by atoms with van der Waals surface area (Å²) in [4.78, 5) is 38.5. The first kappa shape index (κ1) is 36.3. The molecule has 0 aliphatic rings. The topological polar surface area (TPSA) is 175 Å². The maximum Gasteiger partial charge on any atom is 0.404 e. The average Bonchev–Trinajstić information content (AvgIpc) is 3.03. The van der Waals surface area contributed by atoms with Crippen molar-refractivity contribution in [1.82, 2.24) is 19.8 Å². The lowest BCUT2D eigenvalue weighted by Gasteiger charge is -2.25. The van der Waals surface area contributed by atoms with E-state index in [9.17, 15) is 22.8 Å². The molecule has 5 N–H and O–H groups in total. The van der Waals surface area contributed by atoms with Crippen LogP contribution in [0, 0.1) is 6.92 Å². The van der Waals surface area contributed by atoms with Gasteiger partial charge in [-0.1, -0.05) is 77.8 Å². The van der Waals surface area contributed by atoms with Crippen LogP contribution in [0.5, 0.6) is 0 Å². The van der Waals surface area contributed by atoms with Gasteiger partial charge in [0, 0.05) is 31.2 Å². The molecule has 0 saturated heterocycles. The molecule has 12 nitrogen and oxygen atoms in total. The summed E-state index contributed by atoms with van der Waals surface area (Å²) in [5.41, 5.74) is 2.81. The first-order chi connectivity index (χ1) is 21.9. The average molecular weight is 692 g/mol. The Morgan fingerprint density at radius 3 is 2.30 bits per heavy atom. The predicted molar refractivity (Wildman–Crippen MR) is 177 cm³/mol. The van der Waals surface area contributed by atoms with E-state index in [2.05, 4.69) is 15.7 Å². The Hall–Kier alpha value is -4.17. The summed E-state index contributed by atoms with van der Waals surface area (Å²) in [5, 5.41) is 17.4. The van der Waals surface area contributed by atoms with Crippen LogP contribution in [-0.2, 0) is 32.6 Å². The van der Waals surface area contributed by atoms with Gasteiger partial charge in [0.1, 0.15) is 4.90 Å². The van der Waals surface area contributed by atoms with Crippen molar-refractivity contribution in [2.24, 2.45) is 10.9 Å². The zero-order valence-corrected chi connectivity index (χ0v) is 27.5. The molecule has 0 saturated carbocycles. The summed E-state index contributed by atoms with van der Waals surface area (Å²) in [6, 6.07) is 19.1. The van der Waals surface area contributed by atoms with Gasteiger partial charge in [-0.15, -0.1) is 0 Å². The van der Waals surface area contributed by atoms with Crippen LogP contribution in [0.3, 0.4) is 0 Å². The number of nitrogens with two attached hydrogens (primary N) is 1. The lowest BCUT2D eigenvalue weighted by molar-refractivity contribution is -0.133. The van der Waals surface area contributed by atoms with Crippen LogP contribution in [0.15, 0.2) is 76.7 Å². The fourth-order valence-corrected chi connectivity index (χ4v) is 6.61. The van der Waals surface area contributed by atoms with Crippen LogP contribution in [0.4, 0.5) is 4.79 Å². The maximum atomic E-state index is 13.8. The van der Waals surface area contributed by atoms with E-state index in [1.165, 1.54) is 23.2 Å². The fourth-order valence-electron chi connectivity index (χ4n) is 4.43. The number of hydrogen-bond acceptors (Lipinski definition) is 7. The van der Waals surface area contributed by atoms with Crippen LogP contribution >= 0.6 is 23.2 Å². The van der Waals surface area contributed by atoms with Crippen molar-refractivity contribution in [2.45, 2.75) is 31.2 Å². The Morgan fingerprint density at radius 1 is 0.957 bits per heavy atom. The van der Waals surface area contributed by atoms with Crippen molar-refractivity contribution < 1.29 is 27.9 Å². The molecule has 15 heteroatoms. The molecular formula is C31H36Cl2N6O6S. The number of nitrogens with zero attached hydrogens (tertiary/aromatic N) is 3. The lowest BCUT2D eigenvalue weighted by atomic mass is 10.1. The molecule has 246 valence electrons. The lowest BCUT2D eigenvalue weighted by Crippen LogP contribution is -2.45. The number of halogens is 2. The number of carbonyl (C=O) groups excluding carboxylic acids is 2. The third kappa shape index (κ3) is 10.7. The van der Waals surface area contributed by atoms with Crippen molar-refractivity contribution in [3.8, 4) is 0 Å². The molecule has 0 aromatic heterocycles. The summed E-state index contributed by atoms with van der Waals surface area (Å²) in [6.07, 6.45) is 0.955. The Morgan fingerprint density at radius 2 is 1.65 bits per heavy atom. The van der Waals surface area contributed by atoms with E-state index in [0.717, 1.165) is 21.0 Å². The van der Waals surface area contributed by atoms with E-state index in [-0.39, 0.29) is 36.1 Å². The second kappa shape index (κ2) is 17.5. The van der Waals surface area contributed by atoms with Crippen LogP contribution < -0.4 is 16.5 Å². The number of amides is 3. The van der Waals surface area contributed by atoms with Gasteiger partial charge in [-0.2, -0.15) is 9.41 Å². The highest BCUT2D eigenvalue weighted by molar-refractivity contribution is 7.89. The van der Waals surface area contributed by atoms with E-state index >= 15 is 0 Å². The molecule has 3 rings (SSSR count). The minimum absolute atomic E-state index is 0.0285. The third-order valence-corrected chi connectivity index (χ3v) is 9.86. The van der Waals surface area contributed by atoms with Gasteiger partial charge in [0.25, 0.3) is 0 Å². The highest BCUT2D eigenvalue weighted by Crippen LogP contribution is 2.32. The van der Waals surface area contributed by atoms with Gasteiger partial charge in [0.05, 0.1) is 24.3 Å². The molecule has 0 heterocycles. The molecule has 46 heavy (non-hydrogen) atoms. The summed E-state index contributed by atoms with van der Waals surface area (Å²) in [6.45, 7) is 1.12. The summed E-state index contributed by atoms with van der Waals surface area (Å²) in [7, 11) is -4.25. The number of carbonyl (C=O) groups is 3. The van der Waals surface area contributed by atoms with Crippen molar-refractivity contribution in [2.75, 3.05) is 32.7 Å². The summed E-state index contributed by atoms with van der Waals surface area (Å²) < 4.78 is 28.5. The van der Waals surface area contributed by atoms with Gasteiger partial charge in [-0.05, 0) is 54.2 Å². The molecule has 0 fully saturated rings. The van der Waals surface area contributed by atoms with Gasteiger partial charge >= 0.3 is 6.09 Å². The largest absolute Gasteiger partial charge is 0.465 e. The quantitative estimate of drug-likeness (QED) is 0.0768. The van der Waals surface area contributed by atoms with Gasteiger partial charge in [0.2, 0.25) is 21.8 Å². The van der Waals surface area contributed by atoms with Crippen molar-refractivity contribution >= 4 is 57.3 Å². The number of hydrazone groups is 1. The minimum atomic E-state index is -4.25. The molecule has 3 amide bonds. The predicted octanol–water partition coefficient (Wildman–Crippen LogP) is 3.63. The standard InChI is InChI=1S/C31H36Cl2N6O6S/c1-22-26(32)12-13-27(30(22)33)46(44,45)39(17-14-23-6-3-2-4-7-23)21-28(40)36-19-29(41)38(16-5-15-35-31(42)43)20-25-10-8-24(9-11-25)18-37-34/h2-4,6-13,18,35H,5,14-17,19-21,34H2,1H3,(H,36,40)(H,42,43). The number of hydrogen-bond donors (Lipinski definition) is 4. The van der Waals surface area contributed by atoms with Crippen LogP contribution in [-0.4, -0.2) is 79.6 Å². The zero-order valence-electron chi connectivity index (χ0n) is 25.2. The van der Waals surface area contributed by atoms with Crippen molar-refractivity contribution in [1.29, 1.82) is 0 Å². The van der Waals surface area contributed by atoms with E-state index < -0.39 is 41.0 Å². The number of benzene rings is 3. The normalized spacial score (nSPS) is 11.5. The second-order valence-corrected chi connectivity index (χ2v) is 12.9. The molecule has 0 bridgehead atoms. The second-order valence-electron chi connectivity index (χ2n) is 10.3. The van der Waals surface area contributed by atoms with Crippen molar-refractivity contribution in [3.05, 3.63) is 99.0 Å². The van der Waals surface area contributed by atoms with Crippen molar-refractivity contribution in [3.63, 3.8) is 0 Å². The smallest absolute Gasteiger partial charge is 0.404 e. The Balaban J connectivity index is 1.74. The monoisotopic (exact) mass is 690 g/mol. The summed E-state index contributed by atoms with van der Waals surface area (Å²) in [5.74, 6) is 4.07. The Bertz CT molecular complexity index is 1640. The van der Waals surface area contributed by atoms with Crippen LogP contribution in [0.2, 0.25) is 10.0 Å². The van der Waals surface area contributed by atoms with Crippen LogP contribution in [0.25, 0.3) is 0 Å². The highest BCUT2D eigenvalue weighted by Gasteiger charge is 2.30. The number of sulfonamides is 1. The van der Waals surface area contributed by atoms with Gasteiger partial charge in [-0.3, -0.25) is 9.59 Å². The summed E-state index contributed by atoms with van der Waals surface area (Å²) >= 11 is 12.5. The molecule has 0 unspecified atom stereocenters. The number of nitrogens with one attached hydrogen (secondary N) is 2. The Kier molecular flexibility index (Phi) is 13.8. The van der Waals surface area contributed by atoms with E-state index in [1.807, 2.05) is 30.3 Å². The molecule has 0 aliphatic heterocycles. The molecular weight excluding hydrogens is 655 g/mol. The minimum Gasteiger partial charge on any atom is -0.465 e. The van der Waals surface area contributed by atoms with E-state index in [1.54, 1.807) is 31.2 Å². The Labute approximate surface area is 278 Å². The van der Waals surface area contributed by atoms with E-state index in [0.29, 0.717) is 23.4 Å². The SMILES string of the molecule is Cc1c(Cl)ccc(S(=O)(=O)N(CCc2ccccc2)CC(=O)NCC(=O)N(CCCNC(=O)O)Cc2ccc(C=NN)cc2)c1Cl. The molecule has 0 spiro atoms.